The van der Waals surface area contributed by atoms with Crippen LogP contribution in [0.2, 0.25) is 0 Å². The first-order valence-corrected chi connectivity index (χ1v) is 11.3. The van der Waals surface area contributed by atoms with Gasteiger partial charge in [-0.1, -0.05) is 49.4 Å². The smallest absolute Gasteiger partial charge is 0.307 e. The van der Waals surface area contributed by atoms with E-state index in [2.05, 4.69) is 28.9 Å². The number of aliphatic carboxylic acids is 1. The van der Waals surface area contributed by atoms with Crippen LogP contribution in [0.5, 0.6) is 0 Å². The summed E-state index contributed by atoms with van der Waals surface area (Å²) in [5, 5.41) is 29.1. The number of benzene rings is 3. The summed E-state index contributed by atoms with van der Waals surface area (Å²) in [6, 6.07) is 21.6. The molecule has 0 aliphatic carbocycles. The van der Waals surface area contributed by atoms with Gasteiger partial charge in [0.15, 0.2) is 0 Å². The number of hydrogen-bond donors (Lipinski definition) is 4. The number of halogens is 1. The molecule has 0 saturated carbocycles. The van der Waals surface area contributed by atoms with E-state index in [1.54, 1.807) is 12.1 Å². The highest BCUT2D eigenvalue weighted by Gasteiger charge is 2.28. The Kier molecular flexibility index (Phi) is 7.09. The van der Waals surface area contributed by atoms with Gasteiger partial charge in [-0.3, -0.25) is 4.79 Å². The van der Waals surface area contributed by atoms with Crippen molar-refractivity contribution in [2.75, 3.05) is 23.7 Å². The predicted molar refractivity (Wildman–Crippen MR) is 130 cm³/mol. The molecule has 1 heterocycles. The van der Waals surface area contributed by atoms with Crippen LogP contribution in [0.4, 0.5) is 15.8 Å². The first-order chi connectivity index (χ1) is 16.4. The molecule has 0 saturated heterocycles. The molecule has 0 unspecified atom stereocenters. The van der Waals surface area contributed by atoms with Gasteiger partial charge in [-0.15, -0.1) is 0 Å². The number of para-hydroxylation sites is 1. The van der Waals surface area contributed by atoms with E-state index < -0.39 is 5.97 Å². The van der Waals surface area contributed by atoms with E-state index in [0.717, 1.165) is 28.1 Å². The van der Waals surface area contributed by atoms with Gasteiger partial charge in [0, 0.05) is 13.1 Å². The monoisotopic (exact) mass is 458 g/mol. The Balaban J connectivity index is 1.56. The number of fused-ring (bicyclic) bond motifs is 1. The van der Waals surface area contributed by atoms with Gasteiger partial charge in [0.2, 0.25) is 0 Å². The Labute approximate surface area is 198 Å². The highest BCUT2D eigenvalue weighted by atomic mass is 19.1. The van der Waals surface area contributed by atoms with E-state index in [4.69, 9.17) is 5.11 Å². The molecule has 0 fully saturated rings. The Morgan fingerprint density at radius 2 is 1.94 bits per heavy atom. The zero-order chi connectivity index (χ0) is 24.1. The first kappa shape index (κ1) is 23.3. The molecule has 0 radical (unpaired) electrons. The van der Waals surface area contributed by atoms with Crippen LogP contribution in [0, 0.1) is 17.1 Å². The van der Waals surface area contributed by atoms with Gasteiger partial charge >= 0.3 is 5.97 Å². The van der Waals surface area contributed by atoms with Crippen molar-refractivity contribution >= 4 is 17.3 Å². The largest absolute Gasteiger partial charge is 0.481 e. The number of rotatable bonds is 8. The second-order valence-electron chi connectivity index (χ2n) is 8.63. The standard InChI is InChI=1S/C27H27FN4O2/c1-17(19-6-2-5-18(11-19)12-25(33)34)15-31-26(20-7-3-9-22(28)13-20)24-16-30-23-10-4-8-21(14-29)27(23)32-24/h2-11,13,17,24,26,30-32H,12,15-16H2,1H3,(H,33,34)/t17-,24+,26+/m0/s1. The molecule has 4 N–H and O–H groups in total. The molecule has 3 aromatic carbocycles. The zero-order valence-corrected chi connectivity index (χ0v) is 18.9. The lowest BCUT2D eigenvalue weighted by Gasteiger charge is -2.36. The molecular weight excluding hydrogens is 431 g/mol. The van der Waals surface area contributed by atoms with Crippen LogP contribution in [-0.4, -0.2) is 30.2 Å². The zero-order valence-electron chi connectivity index (χ0n) is 18.9. The van der Waals surface area contributed by atoms with Crippen LogP contribution < -0.4 is 16.0 Å². The van der Waals surface area contributed by atoms with Gasteiger partial charge in [-0.25, -0.2) is 4.39 Å². The number of hydrogen-bond acceptors (Lipinski definition) is 5. The third-order valence-electron chi connectivity index (χ3n) is 6.16. The summed E-state index contributed by atoms with van der Waals surface area (Å²) >= 11 is 0. The Morgan fingerprint density at radius 1 is 1.18 bits per heavy atom. The molecule has 6 nitrogen and oxygen atoms in total. The Bertz CT molecular complexity index is 1220. The molecular formula is C27H27FN4O2. The van der Waals surface area contributed by atoms with Gasteiger partial charge in [-0.05, 0) is 46.9 Å². The highest BCUT2D eigenvalue weighted by molar-refractivity contribution is 5.77. The molecule has 3 atom stereocenters. The number of nitrogens with zero attached hydrogens (tertiary/aromatic N) is 1. The highest BCUT2D eigenvalue weighted by Crippen LogP contribution is 2.33. The van der Waals surface area contributed by atoms with Crippen LogP contribution in [0.1, 0.15) is 41.1 Å². The molecule has 0 amide bonds. The maximum Gasteiger partial charge on any atom is 0.307 e. The quantitative estimate of drug-likeness (QED) is 0.392. The average molecular weight is 459 g/mol. The summed E-state index contributed by atoms with van der Waals surface area (Å²) in [5.74, 6) is -1.06. The molecule has 0 spiro atoms. The van der Waals surface area contributed by atoms with Crippen molar-refractivity contribution in [3.05, 3.63) is 94.8 Å². The van der Waals surface area contributed by atoms with E-state index in [1.807, 2.05) is 42.5 Å². The maximum absolute atomic E-state index is 14.1. The SMILES string of the molecule is C[C@@H](CN[C@H](c1cccc(F)c1)[C@H]1CNc2cccc(C#N)c2N1)c1cccc(CC(=O)O)c1. The summed E-state index contributed by atoms with van der Waals surface area (Å²) in [5.41, 5.74) is 4.78. The van der Waals surface area contributed by atoms with Crippen LogP contribution in [0.15, 0.2) is 66.7 Å². The summed E-state index contributed by atoms with van der Waals surface area (Å²) in [6.07, 6.45) is -0.0157. The lowest BCUT2D eigenvalue weighted by atomic mass is 9.94. The normalized spacial score (nSPS) is 16.3. The third kappa shape index (κ3) is 5.36. The molecule has 1 aliphatic rings. The summed E-state index contributed by atoms with van der Waals surface area (Å²) in [7, 11) is 0. The molecule has 0 aromatic heterocycles. The number of nitrogens with one attached hydrogen (secondary N) is 3. The van der Waals surface area contributed by atoms with Crippen molar-refractivity contribution < 1.29 is 14.3 Å². The van der Waals surface area contributed by atoms with Crippen LogP contribution >= 0.6 is 0 Å². The number of nitriles is 1. The predicted octanol–water partition coefficient (Wildman–Crippen LogP) is 4.67. The van der Waals surface area contributed by atoms with Crippen LogP contribution in [0.25, 0.3) is 0 Å². The molecule has 0 bridgehead atoms. The second kappa shape index (κ2) is 10.4. The van der Waals surface area contributed by atoms with Crippen molar-refractivity contribution in [1.29, 1.82) is 5.26 Å². The minimum atomic E-state index is -0.859. The van der Waals surface area contributed by atoms with Crippen LogP contribution in [-0.2, 0) is 11.2 Å². The number of carboxylic acids is 1. The Hall–Kier alpha value is -3.89. The van der Waals surface area contributed by atoms with Crippen LogP contribution in [0.3, 0.4) is 0 Å². The minimum Gasteiger partial charge on any atom is -0.481 e. The number of carboxylic acid groups (broad SMARTS) is 1. The van der Waals surface area contributed by atoms with Gasteiger partial charge in [0.05, 0.1) is 35.4 Å². The topological polar surface area (TPSA) is 97.2 Å². The number of anilines is 2. The molecule has 3 aromatic rings. The minimum absolute atomic E-state index is 0.0157. The molecule has 34 heavy (non-hydrogen) atoms. The first-order valence-electron chi connectivity index (χ1n) is 11.3. The fraction of sp³-hybridized carbons (Fsp3) is 0.259. The van der Waals surface area contributed by atoms with Gasteiger partial charge in [-0.2, -0.15) is 5.26 Å². The summed E-state index contributed by atoms with van der Waals surface area (Å²) in [6.45, 7) is 3.27. The van der Waals surface area contributed by atoms with Gasteiger partial charge in [0.1, 0.15) is 11.9 Å². The fourth-order valence-electron chi connectivity index (χ4n) is 4.40. The lowest BCUT2D eigenvalue weighted by Crippen LogP contribution is -2.45. The van der Waals surface area contributed by atoms with E-state index >= 15 is 0 Å². The molecule has 4 rings (SSSR count). The Morgan fingerprint density at radius 3 is 2.71 bits per heavy atom. The van der Waals surface area contributed by atoms with E-state index in [-0.39, 0.29) is 30.2 Å². The second-order valence-corrected chi connectivity index (χ2v) is 8.63. The third-order valence-corrected chi connectivity index (χ3v) is 6.16. The van der Waals surface area contributed by atoms with Crippen molar-refractivity contribution in [3.63, 3.8) is 0 Å². The van der Waals surface area contributed by atoms with Gasteiger partial charge < -0.3 is 21.1 Å². The average Bonchev–Trinajstić information content (AvgIpc) is 2.83. The number of carbonyl (C=O) groups is 1. The molecule has 7 heteroatoms. The van der Waals surface area contributed by atoms with Crippen molar-refractivity contribution in [2.24, 2.45) is 0 Å². The van der Waals surface area contributed by atoms with E-state index in [0.29, 0.717) is 18.7 Å². The van der Waals surface area contributed by atoms with Gasteiger partial charge in [0.25, 0.3) is 0 Å². The van der Waals surface area contributed by atoms with Crippen molar-refractivity contribution in [3.8, 4) is 6.07 Å². The van der Waals surface area contributed by atoms with E-state index in [1.165, 1.54) is 12.1 Å². The molecule has 174 valence electrons. The lowest BCUT2D eigenvalue weighted by molar-refractivity contribution is -0.136. The molecule has 1 aliphatic heterocycles. The van der Waals surface area contributed by atoms with Crippen molar-refractivity contribution in [2.45, 2.75) is 31.3 Å². The summed E-state index contributed by atoms with van der Waals surface area (Å²) in [4.78, 5) is 11.1. The summed E-state index contributed by atoms with van der Waals surface area (Å²) < 4.78 is 14.1. The fourth-order valence-corrected chi connectivity index (χ4v) is 4.40. The maximum atomic E-state index is 14.1. The van der Waals surface area contributed by atoms with E-state index in [9.17, 15) is 14.4 Å². The van der Waals surface area contributed by atoms with Crippen molar-refractivity contribution in [1.82, 2.24) is 5.32 Å².